The summed E-state index contributed by atoms with van der Waals surface area (Å²) in [6, 6.07) is 3.40. The molecular weight excluding hydrogens is 379 g/mol. The Morgan fingerprint density at radius 2 is 1.75 bits per heavy atom. The molecule has 0 spiro atoms. The van der Waals surface area contributed by atoms with Crippen LogP contribution in [0.5, 0.6) is 5.75 Å². The first-order valence-electron chi connectivity index (χ1n) is 4.39. The van der Waals surface area contributed by atoms with Crippen molar-refractivity contribution in [1.29, 1.82) is 0 Å². The summed E-state index contributed by atoms with van der Waals surface area (Å²) in [5, 5.41) is 0.921. The molecule has 1 rings (SSSR count). The normalized spacial score (nSPS) is 11.6. The van der Waals surface area contributed by atoms with Crippen molar-refractivity contribution in [2.45, 2.75) is 20.0 Å². The van der Waals surface area contributed by atoms with E-state index in [9.17, 15) is 0 Å². The average molecular weight is 389 g/mol. The second-order valence-electron chi connectivity index (χ2n) is 3.28. The molecule has 0 radical (unpaired) electrons. The number of ether oxygens (including phenoxy) is 1. The minimum atomic E-state index is -1.91. The maximum absolute atomic E-state index is 5.93. The van der Waals surface area contributed by atoms with Crippen molar-refractivity contribution in [1.82, 2.24) is 0 Å². The molecule has 0 unspecified atom stereocenters. The first-order valence-corrected chi connectivity index (χ1v) is 10.6. The molecule has 0 amide bonds. The summed E-state index contributed by atoms with van der Waals surface area (Å²) in [6.07, 6.45) is 0.0516. The summed E-state index contributed by atoms with van der Waals surface area (Å²) in [7, 11) is 11.7. The van der Waals surface area contributed by atoms with Crippen molar-refractivity contribution in [3.8, 4) is 5.75 Å². The molecule has 0 saturated heterocycles. The van der Waals surface area contributed by atoms with Crippen molar-refractivity contribution < 1.29 is 18.3 Å². The van der Waals surface area contributed by atoms with Gasteiger partial charge in [-0.05, 0) is 0 Å². The van der Waals surface area contributed by atoms with Gasteiger partial charge in [0.05, 0.1) is 0 Å². The second-order valence-corrected chi connectivity index (χ2v) is 9.82. The number of hydrogen-bond acceptors (Lipinski definition) is 1. The molecule has 0 heterocycles. The summed E-state index contributed by atoms with van der Waals surface area (Å²) >= 11 is 9.94. The van der Waals surface area contributed by atoms with E-state index in [0.29, 0.717) is 15.8 Å². The van der Waals surface area contributed by atoms with Crippen LogP contribution >= 0.6 is 42.6 Å². The Kier molecular flexibility index (Phi) is 6.04. The predicted octanol–water partition coefficient (Wildman–Crippen LogP) is 4.86. The van der Waals surface area contributed by atoms with Crippen LogP contribution in [0.4, 0.5) is 0 Å². The molecule has 0 bridgehead atoms. The van der Waals surface area contributed by atoms with Crippen LogP contribution in [-0.2, 0) is 13.5 Å². The summed E-state index contributed by atoms with van der Waals surface area (Å²) in [4.78, 5) is 0. The van der Waals surface area contributed by atoms with Crippen LogP contribution in [0.3, 0.4) is 0 Å². The van der Waals surface area contributed by atoms with E-state index in [-0.39, 0.29) is 6.10 Å². The molecule has 0 aliphatic carbocycles. The van der Waals surface area contributed by atoms with Crippen LogP contribution in [-0.4, -0.2) is 10.7 Å². The van der Waals surface area contributed by atoms with Gasteiger partial charge in [0, 0.05) is 0 Å². The zero-order valence-corrected chi connectivity index (χ0v) is 13.3. The molecule has 0 aliphatic rings. The van der Waals surface area contributed by atoms with Crippen molar-refractivity contribution in [2.24, 2.45) is 0 Å². The first kappa shape index (κ1) is 14.7. The van der Waals surface area contributed by atoms with Crippen LogP contribution < -0.4 is 4.74 Å². The third-order valence-corrected chi connectivity index (χ3v) is 4.16. The van der Waals surface area contributed by atoms with Crippen molar-refractivity contribution in [2.75, 3.05) is 0 Å². The van der Waals surface area contributed by atoms with E-state index < -0.39 is 13.5 Å². The molecule has 0 aromatic heterocycles. The van der Waals surface area contributed by atoms with E-state index in [1.54, 1.807) is 16.7 Å². The quantitative estimate of drug-likeness (QED) is 0.672. The molecule has 6 heteroatoms. The predicted molar refractivity (Wildman–Crippen MR) is 69.1 cm³/mol. The Balaban J connectivity index is 3.22. The van der Waals surface area contributed by atoms with E-state index in [1.807, 2.05) is 13.8 Å². The van der Waals surface area contributed by atoms with Gasteiger partial charge in [-0.15, -0.1) is 0 Å². The third kappa shape index (κ3) is 4.51. The molecule has 16 heavy (non-hydrogen) atoms. The van der Waals surface area contributed by atoms with Gasteiger partial charge in [-0.25, -0.2) is 0 Å². The fourth-order valence-electron chi connectivity index (χ4n) is 1.06. The Morgan fingerprint density at radius 1 is 1.19 bits per heavy atom. The van der Waals surface area contributed by atoms with Crippen molar-refractivity contribution >= 4 is 47.2 Å². The van der Waals surface area contributed by atoms with Crippen LogP contribution in [0.25, 0.3) is 0 Å². The number of hydrogen-bond donors (Lipinski definition) is 0. The average Bonchev–Trinajstić information content (AvgIpc) is 2.11. The van der Waals surface area contributed by atoms with Gasteiger partial charge >= 0.3 is 119 Å². The number of benzene rings is 1. The Morgan fingerprint density at radius 3 is 2.25 bits per heavy atom. The fourth-order valence-corrected chi connectivity index (χ4v) is 3.17. The number of rotatable bonds is 3. The minimum absolute atomic E-state index is 0.0516. The van der Waals surface area contributed by atoms with Crippen LogP contribution in [0.1, 0.15) is 19.4 Å². The van der Waals surface area contributed by atoms with Crippen LogP contribution in [0, 0.1) is 0 Å². The third-order valence-electron chi connectivity index (χ3n) is 1.60. The van der Waals surface area contributed by atoms with Gasteiger partial charge in [-0.2, -0.15) is 0 Å². The summed E-state index contributed by atoms with van der Waals surface area (Å²) in [6.45, 7) is 3.87. The molecule has 1 nitrogen and oxygen atoms in total. The molecule has 0 N–H and O–H groups in total. The summed E-state index contributed by atoms with van der Waals surface area (Å²) in [5.74, 6) is 0.657. The van der Waals surface area contributed by atoms with E-state index in [4.69, 9.17) is 47.3 Å². The van der Waals surface area contributed by atoms with E-state index in [0.717, 1.165) is 5.56 Å². The summed E-state index contributed by atoms with van der Waals surface area (Å²) in [5.41, 5.74) is 0.798. The molecule has 0 fully saturated rings. The maximum atomic E-state index is 5.93. The fraction of sp³-hybridized carbons (Fsp3) is 0.300. The molecule has 0 saturated carbocycles. The van der Waals surface area contributed by atoms with E-state index >= 15 is 0 Å². The molecule has 1 aromatic rings. The van der Waals surface area contributed by atoms with Gasteiger partial charge in [0.1, 0.15) is 0 Å². The molecule has 0 atom stereocenters. The Labute approximate surface area is 118 Å². The molecule has 92 valence electrons. The van der Waals surface area contributed by atoms with Crippen molar-refractivity contribution in [3.05, 3.63) is 27.7 Å². The molecular formula is C10H10Cl4ORu. The van der Waals surface area contributed by atoms with Crippen LogP contribution in [0.2, 0.25) is 10.0 Å². The van der Waals surface area contributed by atoms with Crippen LogP contribution in [0.15, 0.2) is 12.1 Å². The van der Waals surface area contributed by atoms with E-state index in [1.165, 1.54) is 0 Å². The second kappa shape index (κ2) is 6.56. The Hall–Kier alpha value is 0.673. The molecule has 0 aliphatic heterocycles. The van der Waals surface area contributed by atoms with Gasteiger partial charge in [-0.1, -0.05) is 0 Å². The zero-order chi connectivity index (χ0) is 12.3. The molecule has 1 aromatic carbocycles. The van der Waals surface area contributed by atoms with Crippen molar-refractivity contribution in [3.63, 3.8) is 0 Å². The standard InChI is InChI=1S/C10H10Cl2O.2ClH.Ru/c1-6(2)13-10-5-9(12)8(11)4-7(10)3;;;/h3-6H,1-2H3;2*1H;/q;;;+2/p-2. The van der Waals surface area contributed by atoms with Gasteiger partial charge in [0.25, 0.3) is 0 Å². The monoisotopic (exact) mass is 388 g/mol. The Bertz CT molecular complexity index is 414. The number of halogens is 4. The first-order chi connectivity index (χ1) is 7.40. The van der Waals surface area contributed by atoms with Gasteiger partial charge in [0.15, 0.2) is 0 Å². The zero-order valence-electron chi connectivity index (χ0n) is 8.58. The van der Waals surface area contributed by atoms with Gasteiger partial charge in [0.2, 0.25) is 0 Å². The SMILES string of the molecule is CC(C)Oc1cc(Cl)c(Cl)cc1[CH]=[Ru]([Cl])[Cl]. The van der Waals surface area contributed by atoms with Gasteiger partial charge < -0.3 is 0 Å². The van der Waals surface area contributed by atoms with E-state index in [2.05, 4.69) is 0 Å². The summed E-state index contributed by atoms with van der Waals surface area (Å²) < 4.78 is 7.40. The van der Waals surface area contributed by atoms with Gasteiger partial charge in [-0.3, -0.25) is 0 Å². The topological polar surface area (TPSA) is 9.23 Å².